The zero-order valence-electron chi connectivity index (χ0n) is 16.2. The van der Waals surface area contributed by atoms with Gasteiger partial charge in [-0.1, -0.05) is 23.5 Å². The fourth-order valence-corrected chi connectivity index (χ4v) is 4.46. The predicted molar refractivity (Wildman–Crippen MR) is 113 cm³/mol. The molecule has 9 heteroatoms. The predicted octanol–water partition coefficient (Wildman–Crippen LogP) is 3.55. The van der Waals surface area contributed by atoms with E-state index in [0.717, 1.165) is 20.9 Å². The summed E-state index contributed by atoms with van der Waals surface area (Å²) in [4.78, 5) is 34.7. The number of carbonyl (C=O) groups excluding carboxylic acids is 2. The summed E-state index contributed by atoms with van der Waals surface area (Å²) in [6.45, 7) is 6.35. The van der Waals surface area contributed by atoms with Crippen molar-refractivity contribution >= 4 is 55.0 Å². The number of amides is 1. The smallest absolute Gasteiger partial charge is 0.311 e. The summed E-state index contributed by atoms with van der Waals surface area (Å²) in [5.41, 5.74) is 3.87. The third-order valence-corrected chi connectivity index (χ3v) is 6.18. The van der Waals surface area contributed by atoms with Crippen LogP contribution >= 0.6 is 22.7 Å². The van der Waals surface area contributed by atoms with Crippen LogP contribution in [0.5, 0.6) is 0 Å². The van der Waals surface area contributed by atoms with Gasteiger partial charge in [0.1, 0.15) is 0 Å². The van der Waals surface area contributed by atoms with Gasteiger partial charge in [0.05, 0.1) is 35.5 Å². The summed E-state index contributed by atoms with van der Waals surface area (Å²) < 4.78 is 6.05. The molecule has 1 amide bonds. The molecule has 0 fully saturated rings. The number of rotatable bonds is 7. The van der Waals surface area contributed by atoms with Gasteiger partial charge >= 0.3 is 5.97 Å². The van der Waals surface area contributed by atoms with Gasteiger partial charge in [-0.25, -0.2) is 9.97 Å². The van der Waals surface area contributed by atoms with E-state index in [9.17, 15) is 9.59 Å². The van der Waals surface area contributed by atoms with Crippen molar-refractivity contribution in [1.82, 2.24) is 9.97 Å². The van der Waals surface area contributed by atoms with E-state index in [2.05, 4.69) is 34.3 Å². The number of thiazole rings is 2. The Hall–Kier alpha value is -2.52. The third kappa shape index (κ3) is 4.66. The fraction of sp³-hybridized carbons (Fsp3) is 0.368. The van der Waals surface area contributed by atoms with Crippen LogP contribution in [0.3, 0.4) is 0 Å². The molecule has 0 bridgehead atoms. The van der Waals surface area contributed by atoms with Crippen LogP contribution in [0.25, 0.3) is 10.2 Å². The number of anilines is 2. The van der Waals surface area contributed by atoms with Gasteiger partial charge in [-0.2, -0.15) is 0 Å². The average molecular weight is 419 g/mol. The van der Waals surface area contributed by atoms with Gasteiger partial charge in [0.15, 0.2) is 10.3 Å². The molecule has 2 aromatic heterocycles. The molecule has 0 aliphatic carbocycles. The number of ether oxygens (including phenoxy) is 1. The molecule has 0 spiro atoms. The highest BCUT2D eigenvalue weighted by atomic mass is 32.1. The topological polar surface area (TPSA) is 84.4 Å². The van der Waals surface area contributed by atoms with Crippen LogP contribution < -0.4 is 10.2 Å². The van der Waals surface area contributed by atoms with Crippen LogP contribution in [-0.4, -0.2) is 42.0 Å². The standard InChI is InChI=1S/C19H22N4O3S2/c1-5-26-15(25)8-13-10-27-18(20-13)21-14(24)9-23(4)19-22-16-11(2)6-7-12(3)17(16)28-19/h6-7,10H,5,8-9H2,1-4H3,(H,20,21,24). The van der Waals surface area contributed by atoms with Crippen molar-refractivity contribution in [3.05, 3.63) is 34.3 Å². The first-order valence-corrected chi connectivity index (χ1v) is 10.5. The van der Waals surface area contributed by atoms with Crippen molar-refractivity contribution in [2.45, 2.75) is 27.2 Å². The van der Waals surface area contributed by atoms with Gasteiger partial charge in [0.2, 0.25) is 5.91 Å². The van der Waals surface area contributed by atoms with Gasteiger partial charge in [-0.3, -0.25) is 9.59 Å². The van der Waals surface area contributed by atoms with Crippen molar-refractivity contribution in [1.29, 1.82) is 0 Å². The highest BCUT2D eigenvalue weighted by Gasteiger charge is 2.16. The van der Waals surface area contributed by atoms with E-state index in [-0.39, 0.29) is 24.8 Å². The lowest BCUT2D eigenvalue weighted by Gasteiger charge is -2.14. The Kier molecular flexibility index (Phi) is 6.25. The number of hydrogen-bond acceptors (Lipinski definition) is 8. The fourth-order valence-electron chi connectivity index (χ4n) is 2.66. The van der Waals surface area contributed by atoms with Crippen LogP contribution in [0, 0.1) is 13.8 Å². The van der Waals surface area contributed by atoms with E-state index >= 15 is 0 Å². The van der Waals surface area contributed by atoms with E-state index in [1.165, 1.54) is 16.9 Å². The molecule has 0 aliphatic rings. The van der Waals surface area contributed by atoms with Gasteiger partial charge in [0, 0.05) is 12.4 Å². The summed E-state index contributed by atoms with van der Waals surface area (Å²) in [6, 6.07) is 4.15. The van der Waals surface area contributed by atoms with Crippen LogP contribution in [0.1, 0.15) is 23.7 Å². The molecule has 0 atom stereocenters. The average Bonchev–Trinajstić information content (AvgIpc) is 3.26. The van der Waals surface area contributed by atoms with Gasteiger partial charge < -0.3 is 15.0 Å². The number of aryl methyl sites for hydroxylation is 2. The number of nitrogens with one attached hydrogen (secondary N) is 1. The number of esters is 1. The highest BCUT2D eigenvalue weighted by molar-refractivity contribution is 7.22. The van der Waals surface area contributed by atoms with E-state index in [1.54, 1.807) is 23.6 Å². The SMILES string of the molecule is CCOC(=O)Cc1csc(NC(=O)CN(C)c2nc3c(C)ccc(C)c3s2)n1. The molecular formula is C19H22N4O3S2. The summed E-state index contributed by atoms with van der Waals surface area (Å²) in [5.74, 6) is -0.515. The number of benzene rings is 1. The van der Waals surface area contributed by atoms with Crippen LogP contribution in [-0.2, 0) is 20.7 Å². The lowest BCUT2D eigenvalue weighted by atomic mass is 10.1. The summed E-state index contributed by atoms with van der Waals surface area (Å²) in [7, 11) is 1.84. The second-order valence-electron chi connectivity index (χ2n) is 6.40. The van der Waals surface area contributed by atoms with E-state index in [4.69, 9.17) is 4.74 Å². The first-order valence-electron chi connectivity index (χ1n) is 8.85. The largest absolute Gasteiger partial charge is 0.466 e. The molecule has 2 heterocycles. The number of hydrogen-bond donors (Lipinski definition) is 1. The Labute approximate surface area is 171 Å². The monoisotopic (exact) mass is 418 g/mol. The van der Waals surface area contributed by atoms with Crippen molar-refractivity contribution in [3.8, 4) is 0 Å². The third-order valence-electron chi connectivity index (χ3n) is 4.07. The van der Waals surface area contributed by atoms with E-state index in [1.807, 2.05) is 18.9 Å². The molecule has 0 unspecified atom stereocenters. The number of carbonyl (C=O) groups is 2. The minimum absolute atomic E-state index is 0.102. The number of fused-ring (bicyclic) bond motifs is 1. The zero-order chi connectivity index (χ0) is 20.3. The van der Waals surface area contributed by atoms with Gasteiger partial charge in [-0.15, -0.1) is 11.3 Å². The van der Waals surface area contributed by atoms with E-state index in [0.29, 0.717) is 17.4 Å². The first-order chi connectivity index (χ1) is 13.4. The quantitative estimate of drug-likeness (QED) is 0.591. The molecule has 1 N–H and O–H groups in total. The normalized spacial score (nSPS) is 10.9. The molecule has 0 radical (unpaired) electrons. The zero-order valence-corrected chi connectivity index (χ0v) is 17.9. The Morgan fingerprint density at radius 3 is 2.68 bits per heavy atom. The number of aromatic nitrogens is 2. The summed E-state index contributed by atoms with van der Waals surface area (Å²) in [6.07, 6.45) is 0.102. The molecule has 0 aliphatic heterocycles. The van der Waals surface area contributed by atoms with Crippen molar-refractivity contribution < 1.29 is 14.3 Å². The lowest BCUT2D eigenvalue weighted by Crippen LogP contribution is -2.29. The number of likely N-dealkylation sites (N-methyl/N-ethyl adjacent to an activating group) is 1. The summed E-state index contributed by atoms with van der Waals surface area (Å²) >= 11 is 2.87. The number of nitrogens with zero attached hydrogens (tertiary/aromatic N) is 3. The van der Waals surface area contributed by atoms with Crippen molar-refractivity contribution in [3.63, 3.8) is 0 Å². The molecule has 1 aromatic carbocycles. The molecule has 0 saturated carbocycles. The minimum atomic E-state index is -0.327. The molecule has 3 aromatic rings. The summed E-state index contributed by atoms with van der Waals surface area (Å²) in [5, 5.41) is 5.78. The van der Waals surface area contributed by atoms with Crippen LogP contribution in [0.15, 0.2) is 17.5 Å². The molecule has 7 nitrogen and oxygen atoms in total. The van der Waals surface area contributed by atoms with Gasteiger partial charge in [-0.05, 0) is 31.9 Å². The Morgan fingerprint density at radius 2 is 1.96 bits per heavy atom. The van der Waals surface area contributed by atoms with Crippen LogP contribution in [0.4, 0.5) is 10.3 Å². The molecule has 0 saturated heterocycles. The molecular weight excluding hydrogens is 396 g/mol. The highest BCUT2D eigenvalue weighted by Crippen LogP contribution is 2.32. The maximum absolute atomic E-state index is 12.4. The van der Waals surface area contributed by atoms with E-state index < -0.39 is 0 Å². The molecule has 148 valence electrons. The molecule has 28 heavy (non-hydrogen) atoms. The second kappa shape index (κ2) is 8.66. The Balaban J connectivity index is 1.62. The minimum Gasteiger partial charge on any atom is -0.466 e. The lowest BCUT2D eigenvalue weighted by molar-refractivity contribution is -0.142. The van der Waals surface area contributed by atoms with Gasteiger partial charge in [0.25, 0.3) is 0 Å². The van der Waals surface area contributed by atoms with Crippen LogP contribution in [0.2, 0.25) is 0 Å². The molecule has 3 rings (SSSR count). The second-order valence-corrected chi connectivity index (χ2v) is 8.24. The van der Waals surface area contributed by atoms with Crippen molar-refractivity contribution in [2.75, 3.05) is 30.4 Å². The maximum atomic E-state index is 12.4. The van der Waals surface area contributed by atoms with Crippen molar-refractivity contribution in [2.24, 2.45) is 0 Å². The Bertz CT molecular complexity index is 973. The first kappa shape index (κ1) is 20.2. The maximum Gasteiger partial charge on any atom is 0.311 e. The Morgan fingerprint density at radius 1 is 1.21 bits per heavy atom.